The Kier molecular flexibility index (Phi) is 3.08. The van der Waals surface area contributed by atoms with E-state index in [-0.39, 0.29) is 11.2 Å². The van der Waals surface area contributed by atoms with Crippen molar-refractivity contribution in [3.05, 3.63) is 17.6 Å². The van der Waals surface area contributed by atoms with Gasteiger partial charge in [0.25, 0.3) is 0 Å². The molecule has 0 amide bonds. The van der Waals surface area contributed by atoms with Gasteiger partial charge in [0, 0.05) is 5.46 Å². The van der Waals surface area contributed by atoms with Crippen LogP contribution in [0.4, 0.5) is 0 Å². The van der Waals surface area contributed by atoms with E-state index in [9.17, 15) is 0 Å². The standard InChI is InChI=1S/C14H18BNO3S/c1-13(2)14(3,4)19-15(18-13)9-6-10-12(20-8-16-10)7-11(9)17-5/h6-8H,1-5H3. The zero-order valence-corrected chi connectivity index (χ0v) is 13.2. The lowest BCUT2D eigenvalue weighted by molar-refractivity contribution is 0.00578. The van der Waals surface area contributed by atoms with Crippen molar-refractivity contribution in [1.82, 2.24) is 4.98 Å². The van der Waals surface area contributed by atoms with Gasteiger partial charge in [-0.05, 0) is 39.8 Å². The Morgan fingerprint density at radius 3 is 2.40 bits per heavy atom. The third kappa shape index (κ3) is 2.03. The van der Waals surface area contributed by atoms with E-state index in [0.29, 0.717) is 0 Å². The van der Waals surface area contributed by atoms with Crippen LogP contribution in [-0.4, -0.2) is 30.4 Å². The van der Waals surface area contributed by atoms with Crippen molar-refractivity contribution in [2.75, 3.05) is 7.11 Å². The summed E-state index contributed by atoms with van der Waals surface area (Å²) in [5.74, 6) is 0.778. The lowest BCUT2D eigenvalue weighted by Crippen LogP contribution is -2.41. The number of fused-ring (bicyclic) bond motifs is 1. The molecule has 1 aromatic heterocycles. The van der Waals surface area contributed by atoms with Crippen molar-refractivity contribution < 1.29 is 14.0 Å². The predicted molar refractivity (Wildman–Crippen MR) is 81.9 cm³/mol. The Labute approximate surface area is 123 Å². The summed E-state index contributed by atoms with van der Waals surface area (Å²) in [4.78, 5) is 4.35. The number of thiazole rings is 1. The minimum Gasteiger partial charge on any atom is -0.497 e. The molecule has 0 radical (unpaired) electrons. The van der Waals surface area contributed by atoms with E-state index in [0.717, 1.165) is 21.4 Å². The van der Waals surface area contributed by atoms with E-state index in [1.54, 1.807) is 18.4 Å². The number of methoxy groups -OCH3 is 1. The van der Waals surface area contributed by atoms with Crippen LogP contribution in [0.2, 0.25) is 0 Å². The van der Waals surface area contributed by atoms with E-state index < -0.39 is 7.12 Å². The summed E-state index contributed by atoms with van der Waals surface area (Å²) >= 11 is 1.59. The average molecular weight is 291 g/mol. The predicted octanol–water partition coefficient (Wildman–Crippen LogP) is 2.60. The number of nitrogens with zero attached hydrogens (tertiary/aromatic N) is 1. The van der Waals surface area contributed by atoms with Gasteiger partial charge < -0.3 is 14.0 Å². The fraction of sp³-hybridized carbons (Fsp3) is 0.500. The second-order valence-corrected chi connectivity index (χ2v) is 6.89. The van der Waals surface area contributed by atoms with Gasteiger partial charge in [0.2, 0.25) is 0 Å². The number of benzene rings is 1. The molecule has 2 heterocycles. The highest BCUT2D eigenvalue weighted by atomic mass is 32.1. The molecule has 0 atom stereocenters. The molecule has 6 heteroatoms. The van der Waals surface area contributed by atoms with E-state index in [1.165, 1.54) is 0 Å². The monoisotopic (exact) mass is 291 g/mol. The zero-order chi connectivity index (χ0) is 14.5. The summed E-state index contributed by atoms with van der Waals surface area (Å²) in [6.45, 7) is 8.17. The Morgan fingerprint density at radius 1 is 1.15 bits per heavy atom. The van der Waals surface area contributed by atoms with Crippen molar-refractivity contribution in [2.24, 2.45) is 0 Å². The van der Waals surface area contributed by atoms with Crippen LogP contribution in [0.25, 0.3) is 10.2 Å². The molecule has 0 spiro atoms. The topological polar surface area (TPSA) is 40.6 Å². The van der Waals surface area contributed by atoms with Gasteiger partial charge in [-0.3, -0.25) is 0 Å². The van der Waals surface area contributed by atoms with Crippen molar-refractivity contribution >= 4 is 34.1 Å². The van der Waals surface area contributed by atoms with E-state index in [4.69, 9.17) is 14.0 Å². The van der Waals surface area contributed by atoms with Crippen LogP contribution in [-0.2, 0) is 9.31 Å². The first kappa shape index (κ1) is 13.9. The molecule has 4 nitrogen and oxygen atoms in total. The van der Waals surface area contributed by atoms with Gasteiger partial charge in [0.05, 0.1) is 34.0 Å². The molecule has 1 aromatic carbocycles. The van der Waals surface area contributed by atoms with E-state index >= 15 is 0 Å². The Balaban J connectivity index is 2.06. The molecule has 3 rings (SSSR count). The van der Waals surface area contributed by atoms with Gasteiger partial charge in [-0.25, -0.2) is 4.98 Å². The minimum atomic E-state index is -0.430. The highest BCUT2D eigenvalue weighted by Crippen LogP contribution is 2.37. The molecule has 0 N–H and O–H groups in total. The quantitative estimate of drug-likeness (QED) is 0.797. The van der Waals surface area contributed by atoms with Crippen LogP contribution in [0.1, 0.15) is 27.7 Å². The molecule has 0 saturated carbocycles. The Morgan fingerprint density at radius 2 is 1.80 bits per heavy atom. The lowest BCUT2D eigenvalue weighted by atomic mass is 9.78. The van der Waals surface area contributed by atoms with Crippen LogP contribution >= 0.6 is 11.3 Å². The third-order valence-corrected chi connectivity index (χ3v) is 4.98. The number of rotatable bonds is 2. The summed E-state index contributed by atoms with van der Waals surface area (Å²) in [5, 5.41) is 0. The van der Waals surface area contributed by atoms with Crippen LogP contribution in [0.5, 0.6) is 5.75 Å². The molecule has 0 unspecified atom stereocenters. The molecule has 1 saturated heterocycles. The molecular weight excluding hydrogens is 273 g/mol. The zero-order valence-electron chi connectivity index (χ0n) is 12.4. The van der Waals surface area contributed by atoms with Crippen LogP contribution < -0.4 is 10.2 Å². The normalized spacial score (nSPS) is 20.6. The van der Waals surface area contributed by atoms with Gasteiger partial charge in [-0.1, -0.05) is 0 Å². The number of hydrogen-bond donors (Lipinski definition) is 0. The van der Waals surface area contributed by atoms with Crippen molar-refractivity contribution in [2.45, 2.75) is 38.9 Å². The maximum absolute atomic E-state index is 6.09. The number of aromatic nitrogens is 1. The molecule has 2 aromatic rings. The third-order valence-electron chi connectivity index (χ3n) is 4.19. The molecule has 0 aliphatic carbocycles. The van der Waals surface area contributed by atoms with Crippen molar-refractivity contribution in [3.8, 4) is 5.75 Å². The fourth-order valence-corrected chi connectivity index (χ4v) is 2.92. The lowest BCUT2D eigenvalue weighted by Gasteiger charge is -2.32. The second-order valence-electron chi connectivity index (χ2n) is 6.00. The largest absolute Gasteiger partial charge is 0.498 e. The second kappa shape index (κ2) is 4.45. The van der Waals surface area contributed by atoms with Crippen LogP contribution in [0.15, 0.2) is 17.6 Å². The fourth-order valence-electron chi connectivity index (χ4n) is 2.23. The van der Waals surface area contributed by atoms with Gasteiger partial charge >= 0.3 is 7.12 Å². The van der Waals surface area contributed by atoms with Gasteiger partial charge in [0.15, 0.2) is 0 Å². The summed E-state index contributed by atoms with van der Waals surface area (Å²) in [6, 6.07) is 3.99. The van der Waals surface area contributed by atoms with Crippen molar-refractivity contribution in [3.63, 3.8) is 0 Å². The molecule has 106 valence electrons. The highest BCUT2D eigenvalue weighted by molar-refractivity contribution is 7.16. The van der Waals surface area contributed by atoms with E-state index in [2.05, 4.69) is 4.98 Å². The van der Waals surface area contributed by atoms with Gasteiger partial charge in [-0.2, -0.15) is 0 Å². The Hall–Kier alpha value is -1.11. The van der Waals surface area contributed by atoms with Crippen molar-refractivity contribution in [1.29, 1.82) is 0 Å². The summed E-state index contributed by atoms with van der Waals surface area (Å²) < 4.78 is 18.8. The Bertz CT molecular complexity index is 637. The smallest absolute Gasteiger partial charge is 0.497 e. The first-order valence-corrected chi connectivity index (χ1v) is 7.49. The first-order valence-electron chi connectivity index (χ1n) is 6.61. The van der Waals surface area contributed by atoms with Crippen LogP contribution in [0, 0.1) is 0 Å². The SMILES string of the molecule is COc1cc2scnc2cc1B1OC(C)(C)C(C)(C)O1. The van der Waals surface area contributed by atoms with E-state index in [1.807, 2.05) is 45.3 Å². The van der Waals surface area contributed by atoms with Crippen LogP contribution in [0.3, 0.4) is 0 Å². The maximum atomic E-state index is 6.09. The molecule has 1 aliphatic rings. The maximum Gasteiger partial charge on any atom is 0.498 e. The molecule has 1 aliphatic heterocycles. The summed E-state index contributed by atoms with van der Waals surface area (Å²) in [6.07, 6.45) is 0. The summed E-state index contributed by atoms with van der Waals surface area (Å²) in [5.41, 5.74) is 2.95. The average Bonchev–Trinajstić information content (AvgIpc) is 2.89. The van der Waals surface area contributed by atoms with Gasteiger partial charge in [-0.15, -0.1) is 11.3 Å². The minimum absolute atomic E-state index is 0.361. The first-order chi connectivity index (χ1) is 9.34. The van der Waals surface area contributed by atoms with Gasteiger partial charge in [0.1, 0.15) is 5.75 Å². The summed E-state index contributed by atoms with van der Waals surface area (Å²) in [7, 11) is 1.23. The molecule has 0 bridgehead atoms. The number of hydrogen-bond acceptors (Lipinski definition) is 5. The molecular formula is C14H18BNO3S. The molecule has 20 heavy (non-hydrogen) atoms. The molecule has 1 fully saturated rings. The highest BCUT2D eigenvalue weighted by Gasteiger charge is 2.52. The number of ether oxygens (including phenoxy) is 1.